The van der Waals surface area contributed by atoms with Gasteiger partial charge in [-0.1, -0.05) is 71.3 Å². The topological polar surface area (TPSA) is 46.3 Å². The van der Waals surface area contributed by atoms with Crippen molar-refractivity contribution in [1.29, 1.82) is 0 Å². The van der Waals surface area contributed by atoms with E-state index in [9.17, 15) is 0 Å². The number of hydrogen-bond donors (Lipinski definition) is 2. The van der Waals surface area contributed by atoms with Crippen molar-refractivity contribution < 1.29 is 0 Å². The van der Waals surface area contributed by atoms with E-state index in [0.717, 1.165) is 76.1 Å². The molecular formula is C32H32ClN5S. The smallest absolute Gasteiger partial charge is 0.150 e. The SMILES string of the molecule is Cc1ccc(NCc2nn3c(C(=S)Nc4ccc(C)cc4C)c(-c4ccc(Cl)cc4)c4c3n2CCCC4)cc1. The fraction of sp³-hybridized carbons (Fsp3) is 0.250. The zero-order valence-electron chi connectivity index (χ0n) is 22.5. The zero-order valence-corrected chi connectivity index (χ0v) is 24.1. The lowest BCUT2D eigenvalue weighted by atomic mass is 9.98. The summed E-state index contributed by atoms with van der Waals surface area (Å²) in [5.41, 5.74) is 11.3. The number of hydrogen-bond acceptors (Lipinski definition) is 3. The molecule has 5 aromatic rings. The lowest BCUT2D eigenvalue weighted by Crippen LogP contribution is -2.16. The Labute approximate surface area is 239 Å². The maximum absolute atomic E-state index is 6.28. The number of benzene rings is 3. The first-order valence-corrected chi connectivity index (χ1v) is 14.3. The summed E-state index contributed by atoms with van der Waals surface area (Å²) in [6.07, 6.45) is 3.20. The highest BCUT2D eigenvalue weighted by molar-refractivity contribution is 7.81. The fourth-order valence-electron chi connectivity index (χ4n) is 5.56. The normalized spacial score (nSPS) is 12.9. The van der Waals surface area contributed by atoms with Crippen LogP contribution in [0, 0.1) is 20.8 Å². The van der Waals surface area contributed by atoms with Crippen LogP contribution in [0.4, 0.5) is 11.4 Å². The molecule has 0 saturated carbocycles. The third-order valence-corrected chi connectivity index (χ3v) is 8.09. The molecule has 3 heterocycles. The van der Waals surface area contributed by atoms with Gasteiger partial charge in [-0.3, -0.25) is 0 Å². The predicted molar refractivity (Wildman–Crippen MR) is 166 cm³/mol. The van der Waals surface area contributed by atoms with E-state index in [2.05, 4.69) is 95.1 Å². The van der Waals surface area contributed by atoms with Crippen LogP contribution in [0.25, 0.3) is 16.8 Å². The molecule has 5 nitrogen and oxygen atoms in total. The van der Waals surface area contributed by atoms with Crippen molar-refractivity contribution in [2.24, 2.45) is 0 Å². The van der Waals surface area contributed by atoms with Gasteiger partial charge in [-0.05, 0) is 81.5 Å². The quantitative estimate of drug-likeness (QED) is 0.208. The highest BCUT2D eigenvalue weighted by Gasteiger charge is 2.29. The summed E-state index contributed by atoms with van der Waals surface area (Å²) in [6, 6.07) is 22.9. The second kappa shape index (κ2) is 10.5. The first-order chi connectivity index (χ1) is 18.9. The number of thiocarbonyl (C=S) groups is 1. The maximum atomic E-state index is 6.28. The molecule has 0 amide bonds. The Morgan fingerprint density at radius 3 is 2.44 bits per heavy atom. The van der Waals surface area contributed by atoms with Crippen LogP contribution in [0.3, 0.4) is 0 Å². The van der Waals surface area contributed by atoms with Crippen molar-refractivity contribution in [3.8, 4) is 11.1 Å². The number of nitrogens with one attached hydrogen (secondary N) is 2. The number of anilines is 2. The Hall–Kier alpha value is -3.61. The number of aryl methyl sites for hydroxylation is 5. The second-order valence-electron chi connectivity index (χ2n) is 10.5. The summed E-state index contributed by atoms with van der Waals surface area (Å²) in [6.45, 7) is 7.89. The van der Waals surface area contributed by atoms with E-state index in [-0.39, 0.29) is 0 Å². The predicted octanol–water partition coefficient (Wildman–Crippen LogP) is 8.12. The number of rotatable bonds is 6. The Kier molecular flexibility index (Phi) is 6.92. The van der Waals surface area contributed by atoms with Crippen LogP contribution in [-0.4, -0.2) is 19.2 Å². The van der Waals surface area contributed by atoms with Gasteiger partial charge in [0.15, 0.2) is 5.82 Å². The van der Waals surface area contributed by atoms with Crippen molar-refractivity contribution in [3.05, 3.63) is 106 Å². The van der Waals surface area contributed by atoms with Crippen molar-refractivity contribution in [3.63, 3.8) is 0 Å². The van der Waals surface area contributed by atoms with Gasteiger partial charge in [0.2, 0.25) is 0 Å². The third-order valence-electron chi connectivity index (χ3n) is 7.54. The van der Waals surface area contributed by atoms with Crippen molar-refractivity contribution >= 4 is 45.8 Å². The summed E-state index contributed by atoms with van der Waals surface area (Å²) in [5.74, 6) is 1.01. The summed E-state index contributed by atoms with van der Waals surface area (Å²) in [5, 5.41) is 13.0. The van der Waals surface area contributed by atoms with Crippen LogP contribution in [0.5, 0.6) is 0 Å². The third kappa shape index (κ3) is 4.95. The lowest BCUT2D eigenvalue weighted by molar-refractivity contribution is 0.619. The number of halogens is 1. The molecule has 0 unspecified atom stereocenters. The molecule has 2 N–H and O–H groups in total. The molecule has 0 aliphatic carbocycles. The molecule has 39 heavy (non-hydrogen) atoms. The molecule has 3 aromatic carbocycles. The summed E-state index contributed by atoms with van der Waals surface area (Å²) in [7, 11) is 0. The van der Waals surface area contributed by atoms with Gasteiger partial charge in [0.05, 0.1) is 6.54 Å². The second-order valence-corrected chi connectivity index (χ2v) is 11.3. The molecule has 0 fully saturated rings. The number of aromatic nitrogens is 3. The van der Waals surface area contributed by atoms with Crippen LogP contribution >= 0.6 is 23.8 Å². The lowest BCUT2D eigenvalue weighted by Gasteiger charge is -2.14. The molecule has 6 rings (SSSR count). The van der Waals surface area contributed by atoms with Crippen molar-refractivity contribution in [2.75, 3.05) is 10.6 Å². The Balaban J connectivity index is 1.49. The van der Waals surface area contributed by atoms with Gasteiger partial charge in [-0.15, -0.1) is 0 Å². The van der Waals surface area contributed by atoms with E-state index in [1.54, 1.807) is 0 Å². The van der Waals surface area contributed by atoms with Gasteiger partial charge in [-0.25, -0.2) is 4.52 Å². The van der Waals surface area contributed by atoms with E-state index < -0.39 is 0 Å². The van der Waals surface area contributed by atoms with Gasteiger partial charge in [0.25, 0.3) is 0 Å². The fourth-order valence-corrected chi connectivity index (χ4v) is 5.98. The van der Waals surface area contributed by atoms with Crippen LogP contribution in [0.1, 0.15) is 46.6 Å². The minimum Gasteiger partial charge on any atom is -0.378 e. The van der Waals surface area contributed by atoms with E-state index in [4.69, 9.17) is 28.9 Å². The Morgan fingerprint density at radius 2 is 1.69 bits per heavy atom. The van der Waals surface area contributed by atoms with E-state index in [0.29, 0.717) is 11.5 Å². The van der Waals surface area contributed by atoms with Crippen molar-refractivity contribution in [2.45, 2.75) is 53.1 Å². The Bertz CT molecular complexity index is 1680. The van der Waals surface area contributed by atoms with Gasteiger partial charge in [0, 0.05) is 34.1 Å². The van der Waals surface area contributed by atoms with Gasteiger partial charge in [-0.2, -0.15) is 5.10 Å². The van der Waals surface area contributed by atoms with Crippen LogP contribution in [0.15, 0.2) is 66.7 Å². The zero-order chi connectivity index (χ0) is 27.1. The standard InChI is InChI=1S/C32H32ClN5S/c1-20-7-14-25(15-8-20)34-19-28-36-38-30(31(39)35-27-16-9-21(2)18-22(27)3)29(23-10-12-24(33)13-11-23)26-6-4-5-17-37(28)32(26)38/h7-16,18,34H,4-6,17,19H2,1-3H3,(H,35,39). The molecule has 0 bridgehead atoms. The van der Waals surface area contributed by atoms with Crippen LogP contribution < -0.4 is 10.6 Å². The molecular weight excluding hydrogens is 522 g/mol. The van der Waals surface area contributed by atoms with Crippen LogP contribution in [0.2, 0.25) is 5.02 Å². The molecule has 0 saturated heterocycles. The summed E-state index contributed by atoms with van der Waals surface area (Å²) in [4.78, 5) is 0.663. The molecule has 198 valence electrons. The molecule has 1 aliphatic heterocycles. The first-order valence-electron chi connectivity index (χ1n) is 13.5. The van der Waals surface area contributed by atoms with Crippen LogP contribution in [-0.2, 0) is 19.5 Å². The molecule has 1 aliphatic rings. The first kappa shape index (κ1) is 25.7. The highest BCUT2D eigenvalue weighted by Crippen LogP contribution is 2.38. The van der Waals surface area contributed by atoms with Gasteiger partial charge in [0.1, 0.15) is 16.3 Å². The van der Waals surface area contributed by atoms with E-state index in [1.807, 2.05) is 12.1 Å². The molecule has 0 spiro atoms. The summed E-state index contributed by atoms with van der Waals surface area (Å²) < 4.78 is 4.46. The average Bonchev–Trinajstić information content (AvgIpc) is 3.32. The molecule has 7 heteroatoms. The molecule has 0 radical (unpaired) electrons. The van der Waals surface area contributed by atoms with E-state index in [1.165, 1.54) is 16.7 Å². The number of nitrogens with zero attached hydrogens (tertiary/aromatic N) is 3. The maximum Gasteiger partial charge on any atom is 0.150 e. The highest BCUT2D eigenvalue weighted by atomic mass is 35.5. The monoisotopic (exact) mass is 553 g/mol. The molecule has 2 aromatic heterocycles. The van der Waals surface area contributed by atoms with Gasteiger partial charge >= 0.3 is 0 Å². The van der Waals surface area contributed by atoms with Gasteiger partial charge < -0.3 is 15.2 Å². The molecule has 0 atom stereocenters. The van der Waals surface area contributed by atoms with Crippen molar-refractivity contribution in [1.82, 2.24) is 14.2 Å². The summed E-state index contributed by atoms with van der Waals surface area (Å²) >= 11 is 12.4. The minimum absolute atomic E-state index is 0.636. The minimum atomic E-state index is 0.636. The van der Waals surface area contributed by atoms with E-state index >= 15 is 0 Å². The Morgan fingerprint density at radius 1 is 0.949 bits per heavy atom. The average molecular weight is 554 g/mol. The largest absolute Gasteiger partial charge is 0.378 e.